The van der Waals surface area contributed by atoms with Gasteiger partial charge in [0, 0.05) is 17.3 Å². The molecule has 1 aromatic heterocycles. The van der Waals surface area contributed by atoms with Crippen LogP contribution in [-0.2, 0) is 4.74 Å². The Kier molecular flexibility index (Phi) is 2.83. The van der Waals surface area contributed by atoms with Crippen molar-refractivity contribution in [1.29, 1.82) is 0 Å². The number of carbonyl (C=O) groups excluding carboxylic acids is 1. The molecule has 5 nitrogen and oxygen atoms in total. The number of amides is 1. The molecule has 1 aliphatic rings. The molecule has 1 amide bonds. The van der Waals surface area contributed by atoms with Crippen molar-refractivity contribution >= 4 is 5.91 Å². The lowest BCUT2D eigenvalue weighted by Gasteiger charge is -2.38. The number of hydrogen-bond acceptors (Lipinski definition) is 3. The molecule has 0 radical (unpaired) electrons. The zero-order valence-corrected chi connectivity index (χ0v) is 10.6. The fourth-order valence-electron chi connectivity index (χ4n) is 2.05. The normalized spacial score (nSPS) is 16.7. The molecular formula is C14H15N3O2. The van der Waals surface area contributed by atoms with Gasteiger partial charge >= 0.3 is 0 Å². The molecule has 2 N–H and O–H groups in total. The first-order valence-corrected chi connectivity index (χ1v) is 6.16. The highest BCUT2D eigenvalue weighted by atomic mass is 16.5. The minimum Gasteiger partial charge on any atom is -0.376 e. The Balaban J connectivity index is 1.73. The van der Waals surface area contributed by atoms with E-state index in [1.165, 1.54) is 0 Å². The molecule has 19 heavy (non-hydrogen) atoms. The number of aromatic amines is 1. The summed E-state index contributed by atoms with van der Waals surface area (Å²) >= 11 is 0. The van der Waals surface area contributed by atoms with E-state index in [4.69, 9.17) is 4.74 Å². The van der Waals surface area contributed by atoms with Crippen LogP contribution in [0.1, 0.15) is 17.3 Å². The van der Waals surface area contributed by atoms with Crippen LogP contribution in [0.5, 0.6) is 0 Å². The van der Waals surface area contributed by atoms with Gasteiger partial charge in [0.1, 0.15) is 0 Å². The van der Waals surface area contributed by atoms with Gasteiger partial charge in [-0.3, -0.25) is 9.89 Å². The Labute approximate surface area is 111 Å². The van der Waals surface area contributed by atoms with Crippen molar-refractivity contribution in [1.82, 2.24) is 15.5 Å². The first-order valence-electron chi connectivity index (χ1n) is 6.16. The molecular weight excluding hydrogens is 242 g/mol. The molecule has 1 aromatic carbocycles. The smallest absolute Gasteiger partial charge is 0.251 e. The molecule has 0 aliphatic carbocycles. The number of hydrogen-bond donors (Lipinski definition) is 2. The minimum absolute atomic E-state index is 0.0652. The summed E-state index contributed by atoms with van der Waals surface area (Å²) < 4.78 is 5.12. The maximum absolute atomic E-state index is 12.1. The molecule has 5 heteroatoms. The van der Waals surface area contributed by atoms with Crippen LogP contribution in [0, 0.1) is 0 Å². The fourth-order valence-corrected chi connectivity index (χ4v) is 2.05. The van der Waals surface area contributed by atoms with Crippen molar-refractivity contribution in [2.75, 3.05) is 13.2 Å². The number of ether oxygens (including phenoxy) is 1. The molecule has 1 aliphatic heterocycles. The summed E-state index contributed by atoms with van der Waals surface area (Å²) in [4.78, 5) is 12.1. The number of carbonyl (C=O) groups is 1. The fraction of sp³-hybridized carbons (Fsp3) is 0.286. The SMILES string of the molecule is CC1(NC(=O)c2ccc(-c3cn[nH]c3)cc2)COC1. The number of H-pyrrole nitrogens is 1. The lowest BCUT2D eigenvalue weighted by Crippen LogP contribution is -2.59. The van der Waals surface area contributed by atoms with Gasteiger partial charge in [-0.15, -0.1) is 0 Å². The highest BCUT2D eigenvalue weighted by Gasteiger charge is 2.34. The van der Waals surface area contributed by atoms with Crippen LogP contribution in [0.3, 0.4) is 0 Å². The third-order valence-corrected chi connectivity index (χ3v) is 3.24. The predicted molar refractivity (Wildman–Crippen MR) is 70.7 cm³/mol. The van der Waals surface area contributed by atoms with Gasteiger partial charge in [0.2, 0.25) is 0 Å². The second kappa shape index (κ2) is 4.51. The summed E-state index contributed by atoms with van der Waals surface area (Å²) in [6.45, 7) is 3.13. The molecule has 98 valence electrons. The second-order valence-electron chi connectivity index (χ2n) is 5.07. The van der Waals surface area contributed by atoms with E-state index in [0.717, 1.165) is 11.1 Å². The summed E-state index contributed by atoms with van der Waals surface area (Å²) in [5.41, 5.74) is 2.47. The molecule has 2 aromatic rings. The number of benzene rings is 1. The summed E-state index contributed by atoms with van der Waals surface area (Å²) in [5.74, 6) is -0.0652. The summed E-state index contributed by atoms with van der Waals surface area (Å²) in [7, 11) is 0. The first-order chi connectivity index (χ1) is 9.16. The van der Waals surface area contributed by atoms with Crippen LogP contribution in [0.2, 0.25) is 0 Å². The van der Waals surface area contributed by atoms with Gasteiger partial charge in [-0.25, -0.2) is 0 Å². The van der Waals surface area contributed by atoms with Crippen molar-refractivity contribution in [2.45, 2.75) is 12.5 Å². The van der Waals surface area contributed by atoms with Crippen LogP contribution < -0.4 is 5.32 Å². The molecule has 2 heterocycles. The standard InChI is InChI=1S/C14H15N3O2/c1-14(8-19-9-14)17-13(18)11-4-2-10(3-5-11)12-6-15-16-7-12/h2-7H,8-9H2,1H3,(H,15,16)(H,17,18). The number of nitrogens with one attached hydrogen (secondary N) is 2. The van der Waals surface area contributed by atoms with E-state index in [1.54, 1.807) is 6.20 Å². The van der Waals surface area contributed by atoms with Gasteiger partial charge in [0.15, 0.2) is 0 Å². The molecule has 0 bridgehead atoms. The highest BCUT2D eigenvalue weighted by molar-refractivity contribution is 5.95. The summed E-state index contributed by atoms with van der Waals surface area (Å²) in [6, 6.07) is 7.47. The Morgan fingerprint density at radius 2 is 2.05 bits per heavy atom. The summed E-state index contributed by atoms with van der Waals surface area (Å²) in [6.07, 6.45) is 3.57. The largest absolute Gasteiger partial charge is 0.376 e. The number of aromatic nitrogens is 2. The molecule has 1 saturated heterocycles. The average molecular weight is 257 g/mol. The lowest BCUT2D eigenvalue weighted by atomic mass is 9.99. The predicted octanol–water partition coefficient (Wildman–Crippen LogP) is 1.60. The molecule has 0 unspecified atom stereocenters. The van der Waals surface area contributed by atoms with Crippen LogP contribution in [0.15, 0.2) is 36.7 Å². The average Bonchev–Trinajstić information content (AvgIpc) is 2.91. The van der Waals surface area contributed by atoms with Crippen molar-refractivity contribution in [3.05, 3.63) is 42.2 Å². The zero-order chi connectivity index (χ0) is 13.3. The highest BCUT2D eigenvalue weighted by Crippen LogP contribution is 2.19. The Morgan fingerprint density at radius 1 is 1.32 bits per heavy atom. The topological polar surface area (TPSA) is 67.0 Å². The van der Waals surface area contributed by atoms with Gasteiger partial charge in [-0.1, -0.05) is 12.1 Å². The molecule has 3 rings (SSSR count). The van der Waals surface area contributed by atoms with Crippen LogP contribution in [0.25, 0.3) is 11.1 Å². The first kappa shape index (κ1) is 11.9. The summed E-state index contributed by atoms with van der Waals surface area (Å²) in [5, 5.41) is 9.65. The number of nitrogens with zero attached hydrogens (tertiary/aromatic N) is 1. The van der Waals surface area contributed by atoms with Crippen LogP contribution >= 0.6 is 0 Å². The van der Waals surface area contributed by atoms with E-state index in [1.807, 2.05) is 37.4 Å². The maximum atomic E-state index is 12.1. The Bertz CT molecular complexity index is 571. The molecule has 0 atom stereocenters. The van der Waals surface area contributed by atoms with Gasteiger partial charge in [0.25, 0.3) is 5.91 Å². The van der Waals surface area contributed by atoms with Gasteiger partial charge in [-0.2, -0.15) is 5.10 Å². The monoisotopic (exact) mass is 257 g/mol. The van der Waals surface area contributed by atoms with Gasteiger partial charge < -0.3 is 10.1 Å². The number of rotatable bonds is 3. The van der Waals surface area contributed by atoms with Crippen LogP contribution in [0.4, 0.5) is 0 Å². The van der Waals surface area contributed by atoms with E-state index in [2.05, 4.69) is 15.5 Å². The Hall–Kier alpha value is -2.14. The third kappa shape index (κ3) is 2.37. The minimum atomic E-state index is -0.222. The van der Waals surface area contributed by atoms with Crippen LogP contribution in [-0.4, -0.2) is 34.9 Å². The quantitative estimate of drug-likeness (QED) is 0.877. The van der Waals surface area contributed by atoms with E-state index in [0.29, 0.717) is 18.8 Å². The van der Waals surface area contributed by atoms with E-state index in [9.17, 15) is 4.79 Å². The maximum Gasteiger partial charge on any atom is 0.251 e. The van der Waals surface area contributed by atoms with E-state index >= 15 is 0 Å². The zero-order valence-electron chi connectivity index (χ0n) is 10.6. The van der Waals surface area contributed by atoms with Crippen molar-refractivity contribution in [3.63, 3.8) is 0 Å². The molecule has 0 spiro atoms. The third-order valence-electron chi connectivity index (χ3n) is 3.24. The molecule has 0 saturated carbocycles. The lowest BCUT2D eigenvalue weighted by molar-refractivity contribution is -0.0593. The van der Waals surface area contributed by atoms with Gasteiger partial charge in [0.05, 0.1) is 24.9 Å². The van der Waals surface area contributed by atoms with Crippen molar-refractivity contribution < 1.29 is 9.53 Å². The second-order valence-corrected chi connectivity index (χ2v) is 5.07. The molecule has 1 fully saturated rings. The van der Waals surface area contributed by atoms with E-state index in [-0.39, 0.29) is 11.4 Å². The Morgan fingerprint density at radius 3 is 2.58 bits per heavy atom. The van der Waals surface area contributed by atoms with Crippen molar-refractivity contribution in [3.8, 4) is 11.1 Å². The van der Waals surface area contributed by atoms with E-state index < -0.39 is 0 Å². The van der Waals surface area contributed by atoms with Gasteiger partial charge in [-0.05, 0) is 24.6 Å². The van der Waals surface area contributed by atoms with Crippen molar-refractivity contribution in [2.24, 2.45) is 0 Å².